The molecule has 5 heteroatoms. The Kier molecular flexibility index (Phi) is 5.32. The molecule has 0 aromatic heterocycles. The molecule has 106 valence electrons. The highest BCUT2D eigenvalue weighted by Gasteiger charge is 2.16. The maximum Gasteiger partial charge on any atom is 0.136 e. The Hall–Kier alpha value is -2.14. The van der Waals surface area contributed by atoms with Crippen LogP contribution >= 0.6 is 0 Å². The molecule has 0 amide bonds. The fraction of sp³-hybridized carbons (Fsp3) is 0.333. The summed E-state index contributed by atoms with van der Waals surface area (Å²) >= 11 is 0. The van der Waals surface area contributed by atoms with Crippen molar-refractivity contribution in [2.45, 2.75) is 12.8 Å². The van der Waals surface area contributed by atoms with Crippen LogP contribution in [0, 0.1) is 4.91 Å². The third kappa shape index (κ3) is 3.93. The fourth-order valence-electron chi connectivity index (χ4n) is 2.04. The summed E-state index contributed by atoms with van der Waals surface area (Å²) < 4.78 is 5.63. The third-order valence-electron chi connectivity index (χ3n) is 3.12. The van der Waals surface area contributed by atoms with Crippen LogP contribution in [0.3, 0.4) is 0 Å². The lowest BCUT2D eigenvalue weighted by atomic mass is 10.1. The fourth-order valence-corrected chi connectivity index (χ4v) is 2.04. The molecule has 1 aliphatic rings. The van der Waals surface area contributed by atoms with Gasteiger partial charge in [-0.05, 0) is 23.6 Å². The van der Waals surface area contributed by atoms with Crippen molar-refractivity contribution < 1.29 is 4.74 Å². The van der Waals surface area contributed by atoms with Gasteiger partial charge in [0.15, 0.2) is 0 Å². The van der Waals surface area contributed by atoms with Crippen molar-refractivity contribution in [3.63, 3.8) is 0 Å². The second-order valence-corrected chi connectivity index (χ2v) is 4.60. The minimum absolute atomic E-state index is 0.428. The Labute approximate surface area is 119 Å². The van der Waals surface area contributed by atoms with E-state index in [0.29, 0.717) is 13.3 Å². The molecular weight excluding hydrogens is 254 g/mol. The standard InChI is InChI=1S/C15H19N3O2/c1-17-9-10-18(15(17)12-16-19)13-20-11-5-8-14-6-3-2-4-7-14/h2-4,6-7,9-10,12H,5,8,11,13H2,1H3/b15-12+. The van der Waals surface area contributed by atoms with E-state index in [2.05, 4.69) is 17.3 Å². The summed E-state index contributed by atoms with van der Waals surface area (Å²) in [7, 11) is 1.86. The number of rotatable bonds is 7. The van der Waals surface area contributed by atoms with E-state index in [-0.39, 0.29) is 0 Å². The summed E-state index contributed by atoms with van der Waals surface area (Å²) in [5.41, 5.74) is 1.32. The zero-order chi connectivity index (χ0) is 14.2. The van der Waals surface area contributed by atoms with Crippen molar-refractivity contribution >= 4 is 0 Å². The van der Waals surface area contributed by atoms with Gasteiger partial charge in [0.2, 0.25) is 0 Å². The predicted octanol–water partition coefficient (Wildman–Crippen LogP) is 2.88. The van der Waals surface area contributed by atoms with Gasteiger partial charge in [0.1, 0.15) is 18.8 Å². The smallest absolute Gasteiger partial charge is 0.136 e. The molecule has 2 rings (SSSR count). The molecule has 0 aliphatic carbocycles. The Bertz CT molecular complexity index is 485. The SMILES string of the molecule is CN1C=CN(COCCCc2ccccc2)/C1=C/N=O. The molecule has 0 spiro atoms. The number of hydrogen-bond acceptors (Lipinski definition) is 5. The number of nitroso groups, excluding NO2 is 1. The lowest BCUT2D eigenvalue weighted by Gasteiger charge is -2.20. The zero-order valence-electron chi connectivity index (χ0n) is 11.6. The number of aryl methyl sites for hydroxylation is 1. The molecule has 0 fully saturated rings. The van der Waals surface area contributed by atoms with Crippen molar-refractivity contribution in [3.8, 4) is 0 Å². The van der Waals surface area contributed by atoms with E-state index in [0.717, 1.165) is 18.7 Å². The second-order valence-electron chi connectivity index (χ2n) is 4.60. The van der Waals surface area contributed by atoms with Gasteiger partial charge in [-0.3, -0.25) is 0 Å². The van der Waals surface area contributed by atoms with Crippen LogP contribution in [-0.2, 0) is 11.2 Å². The number of hydrogen-bond donors (Lipinski definition) is 0. The van der Waals surface area contributed by atoms with Gasteiger partial charge in [-0.1, -0.05) is 30.3 Å². The van der Waals surface area contributed by atoms with E-state index in [9.17, 15) is 4.91 Å². The summed E-state index contributed by atoms with van der Waals surface area (Å²) in [6.07, 6.45) is 7.00. The first kappa shape index (κ1) is 14.3. The quantitative estimate of drug-likeness (QED) is 0.566. The zero-order valence-corrected chi connectivity index (χ0v) is 11.6. The molecule has 1 aliphatic heterocycles. The normalized spacial score (nSPS) is 16.1. The van der Waals surface area contributed by atoms with Crippen molar-refractivity contribution in [3.05, 3.63) is 65.2 Å². The second kappa shape index (κ2) is 7.45. The topological polar surface area (TPSA) is 45.1 Å². The summed E-state index contributed by atoms with van der Waals surface area (Å²) in [6.45, 7) is 1.11. The van der Waals surface area contributed by atoms with Crippen molar-refractivity contribution in [2.75, 3.05) is 20.4 Å². The molecule has 0 saturated heterocycles. The molecule has 20 heavy (non-hydrogen) atoms. The van der Waals surface area contributed by atoms with E-state index in [1.165, 1.54) is 11.8 Å². The van der Waals surface area contributed by atoms with Crippen molar-refractivity contribution in [1.82, 2.24) is 9.80 Å². The van der Waals surface area contributed by atoms with Gasteiger partial charge in [-0.25, -0.2) is 0 Å². The van der Waals surface area contributed by atoms with Crippen LogP contribution in [0.4, 0.5) is 0 Å². The summed E-state index contributed by atoms with van der Waals surface area (Å²) in [5.74, 6) is 0.725. The van der Waals surface area contributed by atoms with Crippen molar-refractivity contribution in [1.29, 1.82) is 0 Å². The molecule has 1 aromatic carbocycles. The van der Waals surface area contributed by atoms with Crippen LogP contribution < -0.4 is 0 Å². The number of nitrogens with zero attached hydrogens (tertiary/aromatic N) is 3. The number of benzene rings is 1. The van der Waals surface area contributed by atoms with Crippen LogP contribution in [0.1, 0.15) is 12.0 Å². The molecular formula is C15H19N3O2. The van der Waals surface area contributed by atoms with Gasteiger partial charge in [-0.15, -0.1) is 4.91 Å². The molecule has 5 nitrogen and oxygen atoms in total. The number of ether oxygens (including phenoxy) is 1. The maximum absolute atomic E-state index is 10.3. The van der Waals surface area contributed by atoms with Crippen LogP contribution in [0.15, 0.2) is 59.9 Å². The molecule has 0 saturated carbocycles. The average Bonchev–Trinajstić information content (AvgIpc) is 2.81. The van der Waals surface area contributed by atoms with E-state index >= 15 is 0 Å². The van der Waals surface area contributed by atoms with Crippen LogP contribution in [0.25, 0.3) is 0 Å². The molecule has 0 bridgehead atoms. The molecule has 0 unspecified atom stereocenters. The Morgan fingerprint density at radius 2 is 2.05 bits per heavy atom. The summed E-state index contributed by atoms with van der Waals surface area (Å²) in [4.78, 5) is 14.0. The van der Waals surface area contributed by atoms with Crippen molar-refractivity contribution in [2.24, 2.45) is 5.18 Å². The van der Waals surface area contributed by atoms with Gasteiger partial charge < -0.3 is 14.5 Å². The first-order valence-electron chi connectivity index (χ1n) is 6.63. The van der Waals surface area contributed by atoms with Crippen LogP contribution in [-0.4, -0.2) is 30.2 Å². The van der Waals surface area contributed by atoms with Crippen LogP contribution in [0.5, 0.6) is 0 Å². The van der Waals surface area contributed by atoms with Crippen LogP contribution in [0.2, 0.25) is 0 Å². The maximum atomic E-state index is 10.3. The Morgan fingerprint density at radius 3 is 2.80 bits per heavy atom. The third-order valence-corrected chi connectivity index (χ3v) is 3.12. The predicted molar refractivity (Wildman–Crippen MR) is 78.2 cm³/mol. The molecule has 1 aromatic rings. The minimum Gasteiger partial charge on any atom is -0.361 e. The highest BCUT2D eigenvalue weighted by atomic mass is 16.5. The summed E-state index contributed by atoms with van der Waals surface area (Å²) in [6, 6.07) is 10.4. The van der Waals surface area contributed by atoms with Gasteiger partial charge in [0.05, 0.1) is 0 Å². The first-order chi connectivity index (χ1) is 9.81. The monoisotopic (exact) mass is 273 g/mol. The van der Waals surface area contributed by atoms with Gasteiger partial charge in [0, 0.05) is 26.1 Å². The van der Waals surface area contributed by atoms with E-state index in [4.69, 9.17) is 4.74 Å². The molecule has 0 radical (unpaired) electrons. The van der Waals surface area contributed by atoms with Gasteiger partial charge in [0.25, 0.3) is 0 Å². The van der Waals surface area contributed by atoms with E-state index < -0.39 is 0 Å². The lowest BCUT2D eigenvalue weighted by molar-refractivity contribution is 0.0641. The van der Waals surface area contributed by atoms with Gasteiger partial charge in [-0.2, -0.15) is 0 Å². The van der Waals surface area contributed by atoms with E-state index in [1.54, 1.807) is 0 Å². The summed E-state index contributed by atoms with van der Waals surface area (Å²) in [5, 5.41) is 2.81. The molecule has 0 atom stereocenters. The Morgan fingerprint density at radius 1 is 1.25 bits per heavy atom. The Balaban J connectivity index is 1.67. The highest BCUT2D eigenvalue weighted by molar-refractivity contribution is 5.14. The highest BCUT2D eigenvalue weighted by Crippen LogP contribution is 2.17. The minimum atomic E-state index is 0.428. The average molecular weight is 273 g/mol. The lowest BCUT2D eigenvalue weighted by Crippen LogP contribution is -2.23. The molecule has 1 heterocycles. The molecule has 0 N–H and O–H groups in total. The first-order valence-corrected chi connectivity index (χ1v) is 6.63. The van der Waals surface area contributed by atoms with E-state index in [1.807, 2.05) is 47.4 Å². The van der Waals surface area contributed by atoms with Gasteiger partial charge >= 0.3 is 0 Å². The largest absolute Gasteiger partial charge is 0.361 e.